The number of ether oxygens (including phenoxy) is 2. The van der Waals surface area contributed by atoms with E-state index in [0.29, 0.717) is 43.0 Å². The second-order valence-electron chi connectivity index (χ2n) is 10.7. The van der Waals surface area contributed by atoms with Gasteiger partial charge in [-0.05, 0) is 83.5 Å². The second kappa shape index (κ2) is 21.2. The van der Waals surface area contributed by atoms with Crippen molar-refractivity contribution >= 4 is 11.8 Å². The van der Waals surface area contributed by atoms with E-state index in [4.69, 9.17) is 15.2 Å². The number of likely N-dealkylation sites (N-methyl/N-ethyl adjacent to an activating group) is 1. The molecule has 1 aliphatic carbocycles. The Labute approximate surface area is 259 Å². The predicted octanol–water partition coefficient (Wildman–Crippen LogP) is 4.23. The first-order valence-corrected chi connectivity index (χ1v) is 15.2. The Balaban J connectivity index is 0.000000869. The van der Waals surface area contributed by atoms with Crippen LogP contribution in [0.1, 0.15) is 58.4 Å². The maximum Gasteiger partial charge on any atom is 0.251 e. The van der Waals surface area contributed by atoms with Crippen molar-refractivity contribution < 1.29 is 19.1 Å². The maximum atomic E-state index is 13.2. The van der Waals surface area contributed by atoms with Gasteiger partial charge in [0.25, 0.3) is 5.91 Å². The molecule has 0 aliphatic heterocycles. The number of nitrogens with one attached hydrogen (secondary N) is 3. The number of carbonyl (C=O) groups excluding carboxylic acids is 2. The number of primary amides is 1. The number of hydrogen-bond donors (Lipinski definition) is 4. The highest BCUT2D eigenvalue weighted by atomic mass is 16.5. The molecular formula is C34H55N5O4. The number of methoxy groups -OCH3 is 1. The number of rotatable bonds is 16. The largest absolute Gasteiger partial charge is 0.491 e. The van der Waals surface area contributed by atoms with Gasteiger partial charge >= 0.3 is 0 Å². The Morgan fingerprint density at radius 2 is 1.72 bits per heavy atom. The predicted molar refractivity (Wildman–Crippen MR) is 177 cm³/mol. The fraction of sp³-hybridized carbons (Fsp3) is 0.529. The van der Waals surface area contributed by atoms with Crippen LogP contribution in [0.3, 0.4) is 0 Å². The van der Waals surface area contributed by atoms with Gasteiger partial charge in [0.05, 0.1) is 18.7 Å². The van der Waals surface area contributed by atoms with Crippen molar-refractivity contribution in [1.29, 1.82) is 0 Å². The maximum absolute atomic E-state index is 13.2. The van der Waals surface area contributed by atoms with Gasteiger partial charge < -0.3 is 36.1 Å². The number of hydrogen-bond acceptors (Lipinski definition) is 7. The number of allylic oxidation sites excluding steroid dienone is 3. The highest BCUT2D eigenvalue weighted by Crippen LogP contribution is 2.20. The van der Waals surface area contributed by atoms with Crippen LogP contribution in [0.25, 0.3) is 0 Å². The highest BCUT2D eigenvalue weighted by Gasteiger charge is 2.17. The summed E-state index contributed by atoms with van der Waals surface area (Å²) in [6, 6.07) is 8.57. The van der Waals surface area contributed by atoms with Gasteiger partial charge in [-0.2, -0.15) is 0 Å². The summed E-state index contributed by atoms with van der Waals surface area (Å²) in [5, 5.41) is 8.95. The Morgan fingerprint density at radius 3 is 2.21 bits per heavy atom. The molecule has 0 unspecified atom stereocenters. The molecule has 1 aromatic rings. The highest BCUT2D eigenvalue weighted by molar-refractivity contribution is 5.99. The van der Waals surface area contributed by atoms with E-state index in [9.17, 15) is 9.59 Å². The molecule has 2 amide bonds. The first-order valence-electron chi connectivity index (χ1n) is 15.2. The molecule has 0 atom stereocenters. The van der Waals surface area contributed by atoms with Crippen LogP contribution in [0.2, 0.25) is 0 Å². The van der Waals surface area contributed by atoms with Crippen LogP contribution in [0, 0.1) is 0 Å². The Hall–Kier alpha value is -3.56. The lowest BCUT2D eigenvalue weighted by molar-refractivity contribution is -0.117. The van der Waals surface area contributed by atoms with Gasteiger partial charge in [-0.25, -0.2) is 0 Å². The van der Waals surface area contributed by atoms with Crippen LogP contribution in [0.4, 0.5) is 0 Å². The van der Waals surface area contributed by atoms with E-state index in [-0.39, 0.29) is 12.5 Å². The molecule has 1 saturated carbocycles. The van der Waals surface area contributed by atoms with Crippen LogP contribution in [0.5, 0.6) is 5.75 Å². The van der Waals surface area contributed by atoms with E-state index in [1.807, 2.05) is 44.2 Å². The van der Waals surface area contributed by atoms with Crippen LogP contribution in [-0.4, -0.2) is 77.3 Å². The molecule has 9 heteroatoms. The fourth-order valence-corrected chi connectivity index (χ4v) is 4.71. The monoisotopic (exact) mass is 597 g/mol. The third-order valence-corrected chi connectivity index (χ3v) is 7.50. The quantitative estimate of drug-likeness (QED) is 0.128. The molecule has 0 radical (unpaired) electrons. The normalized spacial score (nSPS) is 14.9. The zero-order valence-corrected chi connectivity index (χ0v) is 27.5. The third kappa shape index (κ3) is 14.0. The first-order chi connectivity index (χ1) is 20.6. The Bertz CT molecular complexity index is 1100. The number of benzene rings is 1. The third-order valence-electron chi connectivity index (χ3n) is 7.50. The Morgan fingerprint density at radius 1 is 1.07 bits per heavy atom. The smallest absolute Gasteiger partial charge is 0.251 e. The molecule has 0 heterocycles. The molecule has 43 heavy (non-hydrogen) atoms. The van der Waals surface area contributed by atoms with Crippen molar-refractivity contribution in [3.05, 3.63) is 76.7 Å². The zero-order valence-electron chi connectivity index (χ0n) is 27.5. The number of nitrogens with zero attached hydrogens (tertiary/aromatic N) is 1. The van der Waals surface area contributed by atoms with Gasteiger partial charge in [-0.3, -0.25) is 9.59 Å². The first kappa shape index (κ1) is 37.5. The van der Waals surface area contributed by atoms with Crippen LogP contribution in [-0.2, 0) is 20.7 Å². The van der Waals surface area contributed by atoms with Crippen LogP contribution >= 0.6 is 0 Å². The Kier molecular flexibility index (Phi) is 18.5. The minimum Gasteiger partial charge on any atom is -0.491 e. The van der Waals surface area contributed by atoms with Crippen molar-refractivity contribution in [2.45, 2.75) is 65.3 Å². The molecule has 0 spiro atoms. The van der Waals surface area contributed by atoms with E-state index in [0.717, 1.165) is 28.6 Å². The molecule has 1 aliphatic rings. The van der Waals surface area contributed by atoms with Gasteiger partial charge in [-0.1, -0.05) is 44.1 Å². The molecule has 1 aromatic carbocycles. The van der Waals surface area contributed by atoms with Gasteiger partial charge in [-0.15, -0.1) is 0 Å². The summed E-state index contributed by atoms with van der Waals surface area (Å²) in [5.74, 6) is -0.139. The summed E-state index contributed by atoms with van der Waals surface area (Å²) < 4.78 is 10.6. The summed E-state index contributed by atoms with van der Waals surface area (Å²) in [4.78, 5) is 27.3. The van der Waals surface area contributed by atoms with Crippen molar-refractivity contribution in [3.8, 4) is 5.75 Å². The van der Waals surface area contributed by atoms with E-state index in [1.54, 1.807) is 27.2 Å². The number of amides is 2. The number of carbonyl (C=O) groups is 2. The lowest BCUT2D eigenvalue weighted by atomic mass is 9.95. The zero-order chi connectivity index (χ0) is 32.2. The van der Waals surface area contributed by atoms with Crippen molar-refractivity contribution in [3.63, 3.8) is 0 Å². The minimum absolute atomic E-state index is 0.0175. The molecule has 2 rings (SSSR count). The van der Waals surface area contributed by atoms with Gasteiger partial charge in [0.1, 0.15) is 12.4 Å². The second-order valence-corrected chi connectivity index (χ2v) is 10.7. The van der Waals surface area contributed by atoms with E-state index < -0.39 is 5.91 Å². The molecule has 1 fully saturated rings. The SMILES string of the molecule is C=C/C(NCC)=C(C)\C(=C/Cc1ccc(OCCOC)cc1)C(=O)NC/C(C(N)=O)=C(\C)NC.CN(C)C1CCCCC1. The minimum atomic E-state index is -0.586. The van der Waals surface area contributed by atoms with Gasteiger partial charge in [0.2, 0.25) is 5.91 Å². The van der Waals surface area contributed by atoms with Crippen LogP contribution < -0.4 is 26.4 Å². The summed E-state index contributed by atoms with van der Waals surface area (Å²) in [7, 11) is 7.70. The summed E-state index contributed by atoms with van der Waals surface area (Å²) >= 11 is 0. The molecule has 240 valence electrons. The van der Waals surface area contributed by atoms with E-state index in [2.05, 4.69) is 41.5 Å². The molecule has 0 bridgehead atoms. The van der Waals surface area contributed by atoms with Crippen molar-refractivity contribution in [1.82, 2.24) is 20.9 Å². The fourth-order valence-electron chi connectivity index (χ4n) is 4.71. The molecular weight excluding hydrogens is 542 g/mol. The summed E-state index contributed by atoms with van der Waals surface area (Å²) in [6.07, 6.45) is 11.3. The topological polar surface area (TPSA) is 118 Å². The average Bonchev–Trinajstić information content (AvgIpc) is 3.01. The summed E-state index contributed by atoms with van der Waals surface area (Å²) in [6.45, 7) is 11.1. The van der Waals surface area contributed by atoms with Gasteiger partial charge in [0, 0.05) is 43.7 Å². The number of nitrogens with two attached hydrogens (primary N) is 1. The lowest BCUT2D eigenvalue weighted by Gasteiger charge is -2.27. The molecule has 9 nitrogen and oxygen atoms in total. The van der Waals surface area contributed by atoms with E-state index >= 15 is 0 Å². The van der Waals surface area contributed by atoms with Crippen LogP contribution in [0.15, 0.2) is 71.1 Å². The summed E-state index contributed by atoms with van der Waals surface area (Å²) in [5.41, 5.74) is 9.43. The van der Waals surface area contributed by atoms with Crippen molar-refractivity contribution in [2.75, 3.05) is 54.6 Å². The standard InChI is InChI=1S/C26H38N4O4.C8H17N/c1-7-24(29-8-2)18(3)22(26(32)30-17-23(25(27)31)19(4)28-5)14-11-20-9-12-21(13-10-20)34-16-15-33-6;1-9(2)8-6-4-3-5-7-8/h7,9-10,12-14,28-29H,1,8,11,15-17H2,2-6H3,(H2,27,31)(H,30,32);8H,3-7H2,1-2H3/b22-14+,23-19-,24-18+;. The van der Waals surface area contributed by atoms with E-state index in [1.165, 1.54) is 32.1 Å². The lowest BCUT2D eigenvalue weighted by Crippen LogP contribution is -2.33. The molecule has 0 saturated heterocycles. The molecule has 0 aromatic heterocycles. The van der Waals surface area contributed by atoms with Gasteiger partial charge in [0.15, 0.2) is 0 Å². The average molecular weight is 598 g/mol. The molecule has 5 N–H and O–H groups in total. The van der Waals surface area contributed by atoms with Crippen molar-refractivity contribution in [2.24, 2.45) is 5.73 Å².